The number of benzene rings is 2. The number of halogens is 1. The van der Waals surface area contributed by atoms with Crippen molar-refractivity contribution >= 4 is 5.91 Å². The molecule has 0 spiro atoms. The van der Waals surface area contributed by atoms with Gasteiger partial charge < -0.3 is 14.6 Å². The van der Waals surface area contributed by atoms with Crippen molar-refractivity contribution in [3.63, 3.8) is 0 Å². The van der Waals surface area contributed by atoms with E-state index in [1.807, 2.05) is 25.1 Å². The minimum absolute atomic E-state index is 0.0159. The maximum atomic E-state index is 13.1. The molecule has 2 heterocycles. The summed E-state index contributed by atoms with van der Waals surface area (Å²) in [5, 5.41) is 7.08. The SMILES string of the molecule is Cc1ccc(OCC(C)NC(=O)C2CCN(Cc3nc(-c4ccc(F)cc4)no3)CC2)cc1C. The van der Waals surface area contributed by atoms with Crippen LogP contribution >= 0.6 is 0 Å². The first-order valence-electron chi connectivity index (χ1n) is 11.7. The van der Waals surface area contributed by atoms with Gasteiger partial charge in [0.15, 0.2) is 0 Å². The minimum Gasteiger partial charge on any atom is -0.491 e. The van der Waals surface area contributed by atoms with E-state index in [0.29, 0.717) is 30.4 Å². The van der Waals surface area contributed by atoms with Crippen molar-refractivity contribution in [3.8, 4) is 17.1 Å². The number of carbonyl (C=O) groups is 1. The van der Waals surface area contributed by atoms with Crippen molar-refractivity contribution in [2.45, 2.75) is 46.2 Å². The summed E-state index contributed by atoms with van der Waals surface area (Å²) in [6.45, 7) is 8.61. The van der Waals surface area contributed by atoms with Gasteiger partial charge in [0.25, 0.3) is 0 Å². The third kappa shape index (κ3) is 6.20. The predicted octanol–water partition coefficient (Wildman–Crippen LogP) is 4.29. The summed E-state index contributed by atoms with van der Waals surface area (Å²) in [5.74, 6) is 1.54. The van der Waals surface area contributed by atoms with Crippen LogP contribution in [0.5, 0.6) is 5.75 Å². The van der Waals surface area contributed by atoms with E-state index < -0.39 is 0 Å². The molecule has 1 unspecified atom stereocenters. The highest BCUT2D eigenvalue weighted by Gasteiger charge is 2.27. The van der Waals surface area contributed by atoms with Crippen LogP contribution in [-0.4, -0.2) is 46.7 Å². The maximum absolute atomic E-state index is 13.1. The molecule has 1 amide bonds. The number of nitrogens with zero attached hydrogens (tertiary/aromatic N) is 3. The Kier molecular flexibility index (Phi) is 7.57. The monoisotopic (exact) mass is 466 g/mol. The van der Waals surface area contributed by atoms with Gasteiger partial charge in [-0.05, 0) is 94.2 Å². The lowest BCUT2D eigenvalue weighted by atomic mass is 9.95. The first-order valence-corrected chi connectivity index (χ1v) is 11.7. The molecule has 0 radical (unpaired) electrons. The van der Waals surface area contributed by atoms with Crippen LogP contribution in [0.15, 0.2) is 47.0 Å². The number of hydrogen-bond acceptors (Lipinski definition) is 6. The lowest BCUT2D eigenvalue weighted by molar-refractivity contribution is -0.127. The van der Waals surface area contributed by atoms with Gasteiger partial charge >= 0.3 is 0 Å². The van der Waals surface area contributed by atoms with Gasteiger partial charge in [0.2, 0.25) is 17.6 Å². The van der Waals surface area contributed by atoms with E-state index in [1.165, 1.54) is 23.3 Å². The van der Waals surface area contributed by atoms with Crippen molar-refractivity contribution in [2.75, 3.05) is 19.7 Å². The molecule has 1 atom stereocenters. The van der Waals surface area contributed by atoms with E-state index in [4.69, 9.17) is 9.26 Å². The van der Waals surface area contributed by atoms with Gasteiger partial charge in [0, 0.05) is 11.5 Å². The number of aromatic nitrogens is 2. The van der Waals surface area contributed by atoms with E-state index in [-0.39, 0.29) is 23.7 Å². The van der Waals surface area contributed by atoms with Crippen LogP contribution in [0.2, 0.25) is 0 Å². The van der Waals surface area contributed by atoms with Crippen LogP contribution in [0.4, 0.5) is 4.39 Å². The lowest BCUT2D eigenvalue weighted by Crippen LogP contribution is -2.44. The molecule has 0 bridgehead atoms. The first kappa shape index (κ1) is 23.9. The number of rotatable bonds is 8. The largest absolute Gasteiger partial charge is 0.491 e. The average molecular weight is 467 g/mol. The molecule has 1 N–H and O–H groups in total. The zero-order valence-electron chi connectivity index (χ0n) is 19.9. The summed E-state index contributed by atoms with van der Waals surface area (Å²) in [5.41, 5.74) is 3.13. The van der Waals surface area contributed by atoms with Crippen LogP contribution in [0.25, 0.3) is 11.4 Å². The topological polar surface area (TPSA) is 80.5 Å². The van der Waals surface area contributed by atoms with Crippen LogP contribution < -0.4 is 10.1 Å². The van der Waals surface area contributed by atoms with Crippen LogP contribution in [0.1, 0.15) is 36.8 Å². The van der Waals surface area contributed by atoms with Crippen LogP contribution in [-0.2, 0) is 11.3 Å². The molecule has 7 nitrogen and oxygen atoms in total. The number of likely N-dealkylation sites (tertiary alicyclic amines) is 1. The Morgan fingerprint density at radius 3 is 2.62 bits per heavy atom. The zero-order chi connectivity index (χ0) is 24.1. The first-order chi connectivity index (χ1) is 16.4. The van der Waals surface area contributed by atoms with E-state index >= 15 is 0 Å². The summed E-state index contributed by atoms with van der Waals surface area (Å²) in [4.78, 5) is 19.3. The smallest absolute Gasteiger partial charge is 0.241 e. The van der Waals surface area contributed by atoms with Crippen molar-refractivity contribution in [3.05, 3.63) is 65.3 Å². The van der Waals surface area contributed by atoms with Gasteiger partial charge in [-0.3, -0.25) is 9.69 Å². The second-order valence-corrected chi connectivity index (χ2v) is 9.04. The molecule has 1 fully saturated rings. The quantitative estimate of drug-likeness (QED) is 0.534. The predicted molar refractivity (Wildman–Crippen MR) is 127 cm³/mol. The molecule has 3 aromatic rings. The van der Waals surface area contributed by atoms with Gasteiger partial charge in [-0.15, -0.1) is 0 Å². The molecule has 0 saturated carbocycles. The highest BCUT2D eigenvalue weighted by Crippen LogP contribution is 2.21. The zero-order valence-corrected chi connectivity index (χ0v) is 19.9. The van der Waals surface area contributed by atoms with Crippen LogP contribution in [0.3, 0.4) is 0 Å². The van der Waals surface area contributed by atoms with E-state index in [0.717, 1.165) is 31.7 Å². The molecule has 1 saturated heterocycles. The third-order valence-corrected chi connectivity index (χ3v) is 6.25. The number of ether oxygens (including phenoxy) is 1. The molecule has 34 heavy (non-hydrogen) atoms. The van der Waals surface area contributed by atoms with Crippen molar-refractivity contribution in [1.82, 2.24) is 20.4 Å². The fourth-order valence-corrected chi connectivity index (χ4v) is 4.01. The molecule has 0 aliphatic carbocycles. The molecule has 1 aromatic heterocycles. The molecule has 4 rings (SSSR count). The lowest BCUT2D eigenvalue weighted by Gasteiger charge is -2.30. The molecular formula is C26H31FN4O3. The average Bonchev–Trinajstić information content (AvgIpc) is 3.29. The highest BCUT2D eigenvalue weighted by molar-refractivity contribution is 5.79. The van der Waals surface area contributed by atoms with Gasteiger partial charge in [0.05, 0.1) is 12.6 Å². The van der Waals surface area contributed by atoms with Crippen molar-refractivity contribution in [1.29, 1.82) is 0 Å². The second-order valence-electron chi connectivity index (χ2n) is 9.04. The fraction of sp³-hybridized carbons (Fsp3) is 0.423. The van der Waals surface area contributed by atoms with Crippen molar-refractivity contribution in [2.24, 2.45) is 5.92 Å². The van der Waals surface area contributed by atoms with E-state index in [1.54, 1.807) is 12.1 Å². The second kappa shape index (κ2) is 10.8. The number of piperidine rings is 1. The van der Waals surface area contributed by atoms with E-state index in [9.17, 15) is 9.18 Å². The van der Waals surface area contributed by atoms with Crippen molar-refractivity contribution < 1.29 is 18.4 Å². The summed E-state index contributed by atoms with van der Waals surface area (Å²) in [6, 6.07) is 11.9. The van der Waals surface area contributed by atoms with Crippen LogP contribution in [0, 0.1) is 25.6 Å². The fourth-order valence-electron chi connectivity index (χ4n) is 4.01. The Morgan fingerprint density at radius 2 is 1.91 bits per heavy atom. The number of carbonyl (C=O) groups excluding carboxylic acids is 1. The highest BCUT2D eigenvalue weighted by atomic mass is 19.1. The number of amides is 1. The normalized spacial score (nSPS) is 15.8. The van der Waals surface area contributed by atoms with E-state index in [2.05, 4.69) is 34.2 Å². The summed E-state index contributed by atoms with van der Waals surface area (Å²) >= 11 is 0. The molecule has 2 aromatic carbocycles. The summed E-state index contributed by atoms with van der Waals surface area (Å²) < 4.78 is 24.3. The molecule has 1 aliphatic rings. The molecule has 180 valence electrons. The number of nitrogens with one attached hydrogen (secondary N) is 1. The molecule has 8 heteroatoms. The van der Waals surface area contributed by atoms with Gasteiger partial charge in [-0.25, -0.2) is 4.39 Å². The Hall–Kier alpha value is -3.26. The van der Waals surface area contributed by atoms with Gasteiger partial charge in [-0.2, -0.15) is 4.98 Å². The minimum atomic E-state index is -0.303. The number of hydrogen-bond donors (Lipinski definition) is 1. The Balaban J connectivity index is 1.20. The number of aryl methyl sites for hydroxylation is 2. The Labute approximate surface area is 199 Å². The molecule has 1 aliphatic heterocycles. The van der Waals surface area contributed by atoms with Gasteiger partial charge in [-0.1, -0.05) is 11.2 Å². The van der Waals surface area contributed by atoms with Gasteiger partial charge in [0.1, 0.15) is 18.2 Å². The summed E-state index contributed by atoms with van der Waals surface area (Å²) in [7, 11) is 0. The Morgan fingerprint density at radius 1 is 1.18 bits per heavy atom. The standard InChI is InChI=1S/C26H31FN4O3/c1-17-4-9-23(14-18(17)2)33-16-19(3)28-26(32)21-10-12-31(13-11-21)15-24-29-25(30-34-24)20-5-7-22(27)8-6-20/h4-9,14,19,21H,10-13,15-16H2,1-3H3,(H,28,32). The summed E-state index contributed by atoms with van der Waals surface area (Å²) in [6.07, 6.45) is 1.55. The third-order valence-electron chi connectivity index (χ3n) is 6.25. The molecular weight excluding hydrogens is 435 g/mol. The maximum Gasteiger partial charge on any atom is 0.241 e. The Bertz CT molecular complexity index is 1110.